The highest BCUT2D eigenvalue weighted by molar-refractivity contribution is 6.16. The standard InChI is InChI=1S/C40H46N6O5/c1-26-32(33-24-31(50-4)10-11-35(33)46(26)22-21-45-19-17-44(3)18-20-45)25-37-39(48)34-23-30(9-12-36(34)51-37)42-40(49)41-29-7-5-27(6-8-29)38(47)28-13-15-43(2)16-14-28/h5-12,23-25,28H,13-22H2,1-4H3,(H2,41,42,49). The normalized spacial score (nSPS) is 18.2. The van der Waals surface area contributed by atoms with Crippen molar-refractivity contribution in [2.45, 2.75) is 26.3 Å². The molecule has 2 amide bonds. The number of likely N-dealkylation sites (tertiary alicyclic amines) is 1. The first-order valence-corrected chi connectivity index (χ1v) is 17.7. The fourth-order valence-corrected chi connectivity index (χ4v) is 7.31. The summed E-state index contributed by atoms with van der Waals surface area (Å²) in [5.74, 6) is 1.35. The van der Waals surface area contributed by atoms with Crippen LogP contribution in [0.1, 0.15) is 44.8 Å². The Hall–Kier alpha value is -4.97. The summed E-state index contributed by atoms with van der Waals surface area (Å²) in [6, 6.07) is 17.6. The van der Waals surface area contributed by atoms with Gasteiger partial charge in [-0.15, -0.1) is 0 Å². The number of ketones is 2. The van der Waals surface area contributed by atoms with Gasteiger partial charge in [-0.25, -0.2) is 4.79 Å². The number of urea groups is 1. The number of allylic oxidation sites excluding steroid dienone is 1. The van der Waals surface area contributed by atoms with Crippen LogP contribution in [0.25, 0.3) is 17.0 Å². The van der Waals surface area contributed by atoms with Gasteiger partial charge in [0, 0.05) is 84.3 Å². The number of rotatable bonds is 9. The minimum atomic E-state index is -0.458. The summed E-state index contributed by atoms with van der Waals surface area (Å²) in [6.45, 7) is 9.92. The third kappa shape index (κ3) is 7.42. The van der Waals surface area contributed by atoms with E-state index >= 15 is 0 Å². The Morgan fingerprint density at radius 2 is 1.55 bits per heavy atom. The van der Waals surface area contributed by atoms with Crippen LogP contribution in [-0.2, 0) is 6.54 Å². The molecule has 11 nitrogen and oxygen atoms in total. The summed E-state index contributed by atoms with van der Waals surface area (Å²) >= 11 is 0. The number of likely N-dealkylation sites (N-methyl/N-ethyl adjacent to an activating group) is 1. The van der Waals surface area contributed by atoms with Gasteiger partial charge in [0.25, 0.3) is 0 Å². The van der Waals surface area contributed by atoms with Crippen LogP contribution in [0.2, 0.25) is 0 Å². The topological polar surface area (TPSA) is 108 Å². The number of ether oxygens (including phenoxy) is 2. The van der Waals surface area contributed by atoms with E-state index in [-0.39, 0.29) is 23.2 Å². The number of carbonyl (C=O) groups excluding carboxylic acids is 3. The third-order valence-electron chi connectivity index (χ3n) is 10.5. The highest BCUT2D eigenvalue weighted by Crippen LogP contribution is 2.37. The Morgan fingerprint density at radius 1 is 0.863 bits per heavy atom. The number of hydrogen-bond donors (Lipinski definition) is 2. The molecule has 266 valence electrons. The van der Waals surface area contributed by atoms with E-state index in [2.05, 4.69) is 57.0 Å². The molecule has 3 aliphatic heterocycles. The van der Waals surface area contributed by atoms with Crippen molar-refractivity contribution >= 4 is 46.0 Å². The van der Waals surface area contributed by atoms with E-state index in [4.69, 9.17) is 9.47 Å². The van der Waals surface area contributed by atoms with Gasteiger partial charge >= 0.3 is 6.03 Å². The number of fused-ring (bicyclic) bond motifs is 2. The summed E-state index contributed by atoms with van der Waals surface area (Å²) in [6.07, 6.45) is 3.55. The molecule has 0 spiro atoms. The molecule has 3 aromatic carbocycles. The van der Waals surface area contributed by atoms with Gasteiger partial charge in [-0.05, 0) is 114 Å². The molecule has 0 atom stereocenters. The van der Waals surface area contributed by atoms with Gasteiger partial charge in [-0.1, -0.05) is 0 Å². The largest absolute Gasteiger partial charge is 0.497 e. The number of Topliss-reactive ketones (excluding diaryl/α,β-unsaturated/α-hetero) is 2. The minimum absolute atomic E-state index is 0.0373. The zero-order valence-electron chi connectivity index (χ0n) is 29.8. The second-order valence-electron chi connectivity index (χ2n) is 13.9. The predicted octanol–water partition coefficient (Wildman–Crippen LogP) is 5.99. The lowest BCUT2D eigenvalue weighted by molar-refractivity contribution is 0.0856. The van der Waals surface area contributed by atoms with Gasteiger partial charge in [0.05, 0.1) is 12.7 Å². The Bertz CT molecular complexity index is 1980. The quantitative estimate of drug-likeness (QED) is 0.163. The Labute approximate surface area is 298 Å². The molecule has 2 saturated heterocycles. The number of anilines is 2. The zero-order chi connectivity index (χ0) is 35.6. The van der Waals surface area contributed by atoms with Crippen LogP contribution in [0, 0.1) is 12.8 Å². The van der Waals surface area contributed by atoms with Gasteiger partial charge in [0.15, 0.2) is 11.5 Å². The van der Waals surface area contributed by atoms with Crippen molar-refractivity contribution in [3.8, 4) is 11.5 Å². The SMILES string of the molecule is COc1ccc2c(c1)c(C=C1Oc3ccc(NC(=O)Nc4ccc(C(=O)C5CCN(C)CC5)cc4)cc3C1=O)c(C)n2CCN1CCN(C)CC1. The highest BCUT2D eigenvalue weighted by atomic mass is 16.5. The lowest BCUT2D eigenvalue weighted by Crippen LogP contribution is -2.45. The van der Waals surface area contributed by atoms with Crippen LogP contribution >= 0.6 is 0 Å². The number of hydrogen-bond acceptors (Lipinski definition) is 8. The molecule has 4 aromatic rings. The minimum Gasteiger partial charge on any atom is -0.497 e. The van der Waals surface area contributed by atoms with E-state index in [0.717, 1.165) is 93.1 Å². The number of carbonyl (C=O) groups is 3. The number of amides is 2. The predicted molar refractivity (Wildman–Crippen MR) is 200 cm³/mol. The molecule has 1 aromatic heterocycles. The van der Waals surface area contributed by atoms with Crippen molar-refractivity contribution in [3.63, 3.8) is 0 Å². The summed E-state index contributed by atoms with van der Waals surface area (Å²) in [4.78, 5) is 46.6. The van der Waals surface area contributed by atoms with E-state index < -0.39 is 6.03 Å². The van der Waals surface area contributed by atoms with Gasteiger partial charge in [-0.3, -0.25) is 14.5 Å². The van der Waals surface area contributed by atoms with Crippen LogP contribution in [0.3, 0.4) is 0 Å². The molecule has 0 aliphatic carbocycles. The molecule has 51 heavy (non-hydrogen) atoms. The number of methoxy groups -OCH3 is 1. The first kappa shape index (κ1) is 34.5. The molecule has 7 rings (SSSR count). The van der Waals surface area contributed by atoms with E-state index in [1.807, 2.05) is 18.2 Å². The van der Waals surface area contributed by atoms with Gasteiger partial charge in [0.2, 0.25) is 5.78 Å². The summed E-state index contributed by atoms with van der Waals surface area (Å²) < 4.78 is 14.0. The van der Waals surface area contributed by atoms with Crippen molar-refractivity contribution < 1.29 is 23.9 Å². The van der Waals surface area contributed by atoms with Crippen molar-refractivity contribution in [2.24, 2.45) is 5.92 Å². The van der Waals surface area contributed by atoms with E-state index in [1.54, 1.807) is 49.6 Å². The molecule has 0 unspecified atom stereocenters. The monoisotopic (exact) mass is 690 g/mol. The van der Waals surface area contributed by atoms with E-state index in [1.165, 1.54) is 0 Å². The summed E-state index contributed by atoms with van der Waals surface area (Å²) in [5.41, 5.74) is 5.09. The molecule has 11 heteroatoms. The molecule has 0 radical (unpaired) electrons. The average molecular weight is 691 g/mol. The number of nitrogens with one attached hydrogen (secondary N) is 2. The van der Waals surface area contributed by atoms with E-state index in [9.17, 15) is 14.4 Å². The second-order valence-corrected chi connectivity index (χ2v) is 13.9. The van der Waals surface area contributed by atoms with Crippen LogP contribution in [0.4, 0.5) is 16.2 Å². The fraction of sp³-hybridized carbons (Fsp3) is 0.375. The molecule has 2 fully saturated rings. The van der Waals surface area contributed by atoms with Crippen molar-refractivity contribution in [2.75, 3.05) is 77.7 Å². The Balaban J connectivity index is 1.04. The molecule has 0 saturated carbocycles. The number of piperidine rings is 1. The molecule has 4 heterocycles. The van der Waals surface area contributed by atoms with Crippen molar-refractivity contribution in [3.05, 3.63) is 88.8 Å². The molecule has 2 N–H and O–H groups in total. The van der Waals surface area contributed by atoms with E-state index in [0.29, 0.717) is 28.3 Å². The van der Waals surface area contributed by atoms with Crippen LogP contribution in [0.15, 0.2) is 66.4 Å². The Kier molecular flexibility index (Phi) is 9.95. The second kappa shape index (κ2) is 14.7. The molecule has 3 aliphatic rings. The fourth-order valence-electron chi connectivity index (χ4n) is 7.31. The average Bonchev–Trinajstić information content (AvgIpc) is 3.59. The molecule has 0 bridgehead atoms. The van der Waals surface area contributed by atoms with Crippen LogP contribution in [0.5, 0.6) is 11.5 Å². The number of aromatic nitrogens is 1. The Morgan fingerprint density at radius 3 is 2.27 bits per heavy atom. The molecular formula is C40H46N6O5. The zero-order valence-corrected chi connectivity index (χ0v) is 29.8. The van der Waals surface area contributed by atoms with Crippen molar-refractivity contribution in [1.82, 2.24) is 19.3 Å². The highest BCUT2D eigenvalue weighted by Gasteiger charge is 2.29. The lowest BCUT2D eigenvalue weighted by atomic mass is 9.89. The first-order valence-electron chi connectivity index (χ1n) is 17.7. The summed E-state index contributed by atoms with van der Waals surface area (Å²) in [7, 11) is 5.89. The maximum Gasteiger partial charge on any atom is 0.323 e. The maximum atomic E-state index is 13.7. The number of piperazine rings is 1. The van der Waals surface area contributed by atoms with Gasteiger partial charge in [0.1, 0.15) is 11.5 Å². The summed E-state index contributed by atoms with van der Waals surface area (Å²) in [5, 5.41) is 6.62. The first-order chi connectivity index (χ1) is 24.7. The van der Waals surface area contributed by atoms with Crippen LogP contribution < -0.4 is 20.1 Å². The van der Waals surface area contributed by atoms with Gasteiger partial charge in [-0.2, -0.15) is 0 Å². The number of benzene rings is 3. The third-order valence-corrected chi connectivity index (χ3v) is 10.5. The number of nitrogens with zero attached hydrogens (tertiary/aromatic N) is 4. The molecular weight excluding hydrogens is 644 g/mol. The van der Waals surface area contributed by atoms with Crippen molar-refractivity contribution in [1.29, 1.82) is 0 Å². The van der Waals surface area contributed by atoms with Crippen LogP contribution in [-0.4, -0.2) is 104 Å². The van der Waals surface area contributed by atoms with Gasteiger partial charge < -0.3 is 34.5 Å². The smallest absolute Gasteiger partial charge is 0.323 e. The lowest BCUT2D eigenvalue weighted by Gasteiger charge is -2.32. The maximum absolute atomic E-state index is 13.7.